The van der Waals surface area contributed by atoms with Crippen LogP contribution in [0.2, 0.25) is 0 Å². The van der Waals surface area contributed by atoms with Crippen molar-refractivity contribution < 1.29 is 9.59 Å². The van der Waals surface area contributed by atoms with Gasteiger partial charge in [0.1, 0.15) is 0 Å². The fraction of sp³-hybridized carbons (Fsp3) is 0.882. The molecule has 5 nitrogen and oxygen atoms in total. The zero-order valence-corrected chi connectivity index (χ0v) is 14.2. The third-order valence-electron chi connectivity index (χ3n) is 4.81. The van der Waals surface area contributed by atoms with Gasteiger partial charge in [-0.2, -0.15) is 0 Å². The van der Waals surface area contributed by atoms with Crippen molar-refractivity contribution in [2.24, 2.45) is 17.8 Å². The van der Waals surface area contributed by atoms with Crippen molar-refractivity contribution in [3.8, 4) is 0 Å². The normalized spacial score (nSPS) is 25.5. The van der Waals surface area contributed by atoms with Gasteiger partial charge in [0.2, 0.25) is 11.8 Å². The zero-order chi connectivity index (χ0) is 16.1. The quantitative estimate of drug-likeness (QED) is 0.666. The van der Waals surface area contributed by atoms with Crippen LogP contribution in [-0.4, -0.2) is 48.9 Å². The van der Waals surface area contributed by atoms with E-state index < -0.39 is 0 Å². The molecule has 22 heavy (non-hydrogen) atoms. The second-order valence-corrected chi connectivity index (χ2v) is 7.33. The molecule has 1 saturated carbocycles. The van der Waals surface area contributed by atoms with Crippen molar-refractivity contribution in [3.05, 3.63) is 0 Å². The molecule has 1 saturated heterocycles. The number of likely N-dealkylation sites (tertiary alicyclic amines) is 1. The predicted octanol–water partition coefficient (Wildman–Crippen LogP) is 1.39. The monoisotopic (exact) mass is 309 g/mol. The van der Waals surface area contributed by atoms with E-state index in [0.717, 1.165) is 19.0 Å². The fourth-order valence-electron chi connectivity index (χ4n) is 3.35. The van der Waals surface area contributed by atoms with Gasteiger partial charge in [-0.3, -0.25) is 9.59 Å². The lowest BCUT2D eigenvalue weighted by Gasteiger charge is -2.23. The van der Waals surface area contributed by atoms with Gasteiger partial charge in [-0.15, -0.1) is 0 Å². The smallest absolute Gasteiger partial charge is 0.220 e. The summed E-state index contributed by atoms with van der Waals surface area (Å²) in [6.07, 6.45) is 3.95. The van der Waals surface area contributed by atoms with E-state index in [0.29, 0.717) is 31.2 Å². The van der Waals surface area contributed by atoms with Crippen LogP contribution in [-0.2, 0) is 9.59 Å². The summed E-state index contributed by atoms with van der Waals surface area (Å²) in [6.45, 7) is 9.90. The van der Waals surface area contributed by atoms with Crippen molar-refractivity contribution >= 4 is 11.8 Å². The van der Waals surface area contributed by atoms with Crippen LogP contribution in [0.25, 0.3) is 0 Å². The third-order valence-corrected chi connectivity index (χ3v) is 4.81. The molecule has 0 aromatic heterocycles. The van der Waals surface area contributed by atoms with Crippen molar-refractivity contribution in [2.45, 2.75) is 52.5 Å². The first-order valence-corrected chi connectivity index (χ1v) is 8.72. The Morgan fingerprint density at radius 1 is 1.23 bits per heavy atom. The zero-order valence-electron chi connectivity index (χ0n) is 14.2. The number of hydrogen-bond acceptors (Lipinski definition) is 3. The molecule has 2 fully saturated rings. The van der Waals surface area contributed by atoms with Gasteiger partial charge in [0.25, 0.3) is 0 Å². The molecule has 0 radical (unpaired) electrons. The Kier molecular flexibility index (Phi) is 6.24. The minimum Gasteiger partial charge on any atom is -0.356 e. The van der Waals surface area contributed by atoms with Gasteiger partial charge in [0.05, 0.1) is 0 Å². The van der Waals surface area contributed by atoms with Gasteiger partial charge >= 0.3 is 0 Å². The number of nitrogens with one attached hydrogen (secondary N) is 2. The molecule has 2 rings (SSSR count). The highest BCUT2D eigenvalue weighted by Gasteiger charge is 2.37. The molecule has 0 bridgehead atoms. The summed E-state index contributed by atoms with van der Waals surface area (Å²) in [5.41, 5.74) is 0. The molecule has 1 heterocycles. The van der Waals surface area contributed by atoms with E-state index in [-0.39, 0.29) is 17.9 Å². The summed E-state index contributed by atoms with van der Waals surface area (Å²) < 4.78 is 0. The standard InChI is InChI=1S/C17H31N3O2/c1-12(2)15-10-20(9-14-6-7-14)11-16(15)19-17(22)5-4-8-18-13(3)21/h12,14-16H,4-11H2,1-3H3,(H,18,21)(H,19,22)/t15-,16+/m1/s1. The van der Waals surface area contributed by atoms with E-state index in [1.807, 2.05) is 0 Å². The Hall–Kier alpha value is -1.10. The Morgan fingerprint density at radius 2 is 1.95 bits per heavy atom. The Bertz CT molecular complexity index is 393. The van der Waals surface area contributed by atoms with Crippen LogP contribution in [0.4, 0.5) is 0 Å². The molecule has 2 N–H and O–H groups in total. The van der Waals surface area contributed by atoms with Crippen molar-refractivity contribution in [2.75, 3.05) is 26.2 Å². The molecule has 0 aromatic rings. The highest BCUT2D eigenvalue weighted by atomic mass is 16.2. The Morgan fingerprint density at radius 3 is 2.55 bits per heavy atom. The fourth-order valence-corrected chi connectivity index (χ4v) is 3.35. The Balaban J connectivity index is 1.73. The third kappa shape index (κ3) is 5.59. The summed E-state index contributed by atoms with van der Waals surface area (Å²) in [5, 5.41) is 5.96. The maximum atomic E-state index is 12.1. The van der Waals surface area contributed by atoms with Gasteiger partial charge < -0.3 is 15.5 Å². The van der Waals surface area contributed by atoms with Crippen LogP contribution in [0, 0.1) is 17.8 Å². The number of rotatable bonds is 8. The molecular weight excluding hydrogens is 278 g/mol. The first-order chi connectivity index (χ1) is 10.5. The van der Waals surface area contributed by atoms with Crippen LogP contribution in [0.15, 0.2) is 0 Å². The second kappa shape index (κ2) is 7.95. The molecule has 2 aliphatic rings. The minimum absolute atomic E-state index is 0.0354. The van der Waals surface area contributed by atoms with Crippen LogP contribution >= 0.6 is 0 Å². The van der Waals surface area contributed by atoms with Crippen molar-refractivity contribution in [1.82, 2.24) is 15.5 Å². The average molecular weight is 309 g/mol. The minimum atomic E-state index is -0.0354. The molecule has 1 aliphatic heterocycles. The summed E-state index contributed by atoms with van der Waals surface area (Å²) in [4.78, 5) is 25.4. The summed E-state index contributed by atoms with van der Waals surface area (Å²) in [5.74, 6) is 2.13. The molecule has 1 aliphatic carbocycles. The van der Waals surface area contributed by atoms with E-state index in [9.17, 15) is 9.59 Å². The summed E-state index contributed by atoms with van der Waals surface area (Å²) in [7, 11) is 0. The molecule has 0 spiro atoms. The molecule has 0 unspecified atom stereocenters. The van der Waals surface area contributed by atoms with Crippen LogP contribution in [0.3, 0.4) is 0 Å². The molecule has 2 amide bonds. The average Bonchev–Trinajstić information content (AvgIpc) is 3.14. The Labute approximate surface area is 134 Å². The van der Waals surface area contributed by atoms with Gasteiger partial charge in [0, 0.05) is 45.6 Å². The molecule has 2 atom stereocenters. The first-order valence-electron chi connectivity index (χ1n) is 8.72. The van der Waals surface area contributed by atoms with E-state index in [1.165, 1.54) is 26.3 Å². The van der Waals surface area contributed by atoms with E-state index in [4.69, 9.17) is 0 Å². The molecule has 5 heteroatoms. The van der Waals surface area contributed by atoms with Gasteiger partial charge in [-0.25, -0.2) is 0 Å². The lowest BCUT2D eigenvalue weighted by Crippen LogP contribution is -2.42. The molecule has 0 aromatic carbocycles. The largest absolute Gasteiger partial charge is 0.356 e. The van der Waals surface area contributed by atoms with E-state index in [2.05, 4.69) is 29.4 Å². The van der Waals surface area contributed by atoms with Gasteiger partial charge in [-0.05, 0) is 37.0 Å². The summed E-state index contributed by atoms with van der Waals surface area (Å²) >= 11 is 0. The van der Waals surface area contributed by atoms with Gasteiger partial charge in [0.15, 0.2) is 0 Å². The van der Waals surface area contributed by atoms with E-state index in [1.54, 1.807) is 0 Å². The van der Waals surface area contributed by atoms with Crippen molar-refractivity contribution in [1.29, 1.82) is 0 Å². The van der Waals surface area contributed by atoms with Crippen LogP contribution in [0.5, 0.6) is 0 Å². The predicted molar refractivity (Wildman–Crippen MR) is 87.3 cm³/mol. The molecular formula is C17H31N3O2. The number of amides is 2. The first kappa shape index (κ1) is 17.3. The number of nitrogens with zero attached hydrogens (tertiary/aromatic N) is 1. The highest BCUT2D eigenvalue weighted by molar-refractivity contribution is 5.76. The lowest BCUT2D eigenvalue weighted by molar-refractivity contribution is -0.123. The van der Waals surface area contributed by atoms with Crippen LogP contribution in [0.1, 0.15) is 46.5 Å². The van der Waals surface area contributed by atoms with Crippen molar-refractivity contribution in [3.63, 3.8) is 0 Å². The number of hydrogen-bond donors (Lipinski definition) is 2. The number of carbonyl (C=O) groups excluding carboxylic acids is 2. The SMILES string of the molecule is CC(=O)NCCCC(=O)N[C@H]1CN(CC2CC2)C[C@@H]1C(C)C. The second-order valence-electron chi connectivity index (χ2n) is 7.33. The topological polar surface area (TPSA) is 61.4 Å². The maximum absolute atomic E-state index is 12.1. The number of carbonyl (C=O) groups is 2. The van der Waals surface area contributed by atoms with Crippen LogP contribution < -0.4 is 10.6 Å². The van der Waals surface area contributed by atoms with E-state index >= 15 is 0 Å². The highest BCUT2D eigenvalue weighted by Crippen LogP contribution is 2.33. The molecule has 126 valence electrons. The van der Waals surface area contributed by atoms with Gasteiger partial charge in [-0.1, -0.05) is 13.8 Å². The maximum Gasteiger partial charge on any atom is 0.220 e. The summed E-state index contributed by atoms with van der Waals surface area (Å²) in [6, 6.07) is 0.284. The lowest BCUT2D eigenvalue weighted by atomic mass is 9.91.